The fourth-order valence-corrected chi connectivity index (χ4v) is 1.66. The Hall–Kier alpha value is -1.07. The van der Waals surface area contributed by atoms with Crippen molar-refractivity contribution in [3.8, 4) is 0 Å². The molecule has 16 heavy (non-hydrogen) atoms. The van der Waals surface area contributed by atoms with E-state index in [9.17, 15) is 14.3 Å². The number of aliphatic hydroxyl groups is 1. The average molecular weight is 244 g/mol. The van der Waals surface area contributed by atoms with E-state index < -0.39 is 17.9 Å². The molecule has 0 aliphatic heterocycles. The van der Waals surface area contributed by atoms with Gasteiger partial charge in [0.05, 0.1) is 6.61 Å². The van der Waals surface area contributed by atoms with Crippen molar-refractivity contribution < 1.29 is 19.0 Å². The summed E-state index contributed by atoms with van der Waals surface area (Å²) in [6.45, 7) is 1.78. The van der Waals surface area contributed by atoms with Crippen molar-refractivity contribution in [3.05, 3.63) is 29.6 Å². The van der Waals surface area contributed by atoms with Crippen LogP contribution in [0, 0.1) is 5.82 Å². The van der Waals surface area contributed by atoms with Gasteiger partial charge in [-0.1, -0.05) is 0 Å². The van der Waals surface area contributed by atoms with Crippen molar-refractivity contribution in [2.45, 2.75) is 17.9 Å². The lowest BCUT2D eigenvalue weighted by molar-refractivity contribution is -0.153. The van der Waals surface area contributed by atoms with Gasteiger partial charge in [0.15, 0.2) is 6.10 Å². The van der Waals surface area contributed by atoms with Gasteiger partial charge in [0.2, 0.25) is 0 Å². The molecule has 0 amide bonds. The average Bonchev–Trinajstić information content (AvgIpc) is 2.29. The van der Waals surface area contributed by atoms with Gasteiger partial charge in [-0.05, 0) is 31.4 Å². The van der Waals surface area contributed by atoms with Crippen LogP contribution in [-0.4, -0.2) is 23.9 Å². The first-order chi connectivity index (χ1) is 7.60. The van der Waals surface area contributed by atoms with Crippen molar-refractivity contribution in [1.82, 2.24) is 0 Å². The Balaban J connectivity index is 2.97. The molecule has 0 aliphatic carbocycles. The Morgan fingerprint density at radius 1 is 1.62 bits per heavy atom. The van der Waals surface area contributed by atoms with Crippen molar-refractivity contribution in [2.24, 2.45) is 0 Å². The Morgan fingerprint density at radius 2 is 2.31 bits per heavy atom. The molecule has 5 heteroatoms. The summed E-state index contributed by atoms with van der Waals surface area (Å²) in [5.74, 6) is -1.45. The predicted octanol–water partition coefficient (Wildman–Crippen LogP) is 2.14. The van der Waals surface area contributed by atoms with Crippen molar-refractivity contribution in [1.29, 1.82) is 0 Å². The second-order valence-electron chi connectivity index (χ2n) is 3.04. The van der Waals surface area contributed by atoms with Gasteiger partial charge in [0, 0.05) is 10.5 Å². The number of carbonyl (C=O) groups excluding carboxylic acids is 1. The summed E-state index contributed by atoms with van der Waals surface area (Å²) in [7, 11) is 0. The van der Waals surface area contributed by atoms with Crippen LogP contribution >= 0.6 is 11.8 Å². The van der Waals surface area contributed by atoms with E-state index in [1.165, 1.54) is 23.9 Å². The molecule has 0 heterocycles. The van der Waals surface area contributed by atoms with Crippen molar-refractivity contribution in [3.63, 3.8) is 0 Å². The highest BCUT2D eigenvalue weighted by Crippen LogP contribution is 2.24. The summed E-state index contributed by atoms with van der Waals surface area (Å²) < 4.78 is 18.0. The topological polar surface area (TPSA) is 46.5 Å². The van der Waals surface area contributed by atoms with Gasteiger partial charge in [-0.3, -0.25) is 0 Å². The Morgan fingerprint density at radius 3 is 2.88 bits per heavy atom. The largest absolute Gasteiger partial charge is 0.464 e. The third kappa shape index (κ3) is 2.96. The van der Waals surface area contributed by atoms with Crippen LogP contribution in [0.5, 0.6) is 0 Å². The molecule has 1 unspecified atom stereocenters. The van der Waals surface area contributed by atoms with Gasteiger partial charge < -0.3 is 9.84 Å². The zero-order valence-corrected chi connectivity index (χ0v) is 9.88. The van der Waals surface area contributed by atoms with Crippen LogP contribution in [0.25, 0.3) is 0 Å². The van der Waals surface area contributed by atoms with E-state index >= 15 is 0 Å². The van der Waals surface area contributed by atoms with Crippen LogP contribution in [0.2, 0.25) is 0 Å². The first-order valence-electron chi connectivity index (χ1n) is 4.78. The number of ether oxygens (including phenoxy) is 1. The number of hydrogen-bond donors (Lipinski definition) is 1. The van der Waals surface area contributed by atoms with Crippen LogP contribution in [0.3, 0.4) is 0 Å². The zero-order chi connectivity index (χ0) is 12.1. The van der Waals surface area contributed by atoms with Gasteiger partial charge in [-0.25, -0.2) is 9.18 Å². The summed E-state index contributed by atoms with van der Waals surface area (Å²) in [5.41, 5.74) is -0.0506. The van der Waals surface area contributed by atoms with Crippen molar-refractivity contribution >= 4 is 17.7 Å². The first-order valence-corrected chi connectivity index (χ1v) is 6.00. The van der Waals surface area contributed by atoms with Gasteiger partial charge >= 0.3 is 5.97 Å². The number of carbonyl (C=O) groups is 1. The minimum Gasteiger partial charge on any atom is -0.464 e. The minimum atomic E-state index is -1.56. The highest BCUT2D eigenvalue weighted by molar-refractivity contribution is 7.98. The Labute approximate surface area is 97.6 Å². The normalized spacial score (nSPS) is 12.2. The number of benzene rings is 1. The maximum atomic E-state index is 13.4. The molecule has 0 aliphatic rings. The molecule has 0 radical (unpaired) electrons. The fraction of sp³-hybridized carbons (Fsp3) is 0.364. The minimum absolute atomic E-state index is 0.0506. The summed E-state index contributed by atoms with van der Waals surface area (Å²) in [6, 6.07) is 4.26. The Kier molecular flexibility index (Phi) is 4.76. The molecule has 0 spiro atoms. The first kappa shape index (κ1) is 13.0. The molecule has 0 saturated heterocycles. The number of hydrogen-bond acceptors (Lipinski definition) is 4. The van der Waals surface area contributed by atoms with E-state index in [4.69, 9.17) is 0 Å². The second-order valence-corrected chi connectivity index (χ2v) is 3.92. The molecule has 0 bridgehead atoms. The number of thioether (sulfide) groups is 1. The Bertz CT molecular complexity index is 381. The molecule has 0 fully saturated rings. The van der Waals surface area contributed by atoms with E-state index in [2.05, 4.69) is 4.74 Å². The number of esters is 1. The fourth-order valence-electron chi connectivity index (χ4n) is 1.21. The summed E-state index contributed by atoms with van der Waals surface area (Å²) in [6.07, 6.45) is 0.264. The van der Waals surface area contributed by atoms with Crippen LogP contribution in [-0.2, 0) is 9.53 Å². The second kappa shape index (κ2) is 5.86. The van der Waals surface area contributed by atoms with Crippen LogP contribution < -0.4 is 0 Å². The SMILES string of the molecule is CCOC(=O)C(O)c1cc(SC)ccc1F. The molecule has 0 saturated carbocycles. The molecular weight excluding hydrogens is 231 g/mol. The number of halogens is 1. The molecule has 1 atom stereocenters. The quantitative estimate of drug-likeness (QED) is 0.651. The monoisotopic (exact) mass is 244 g/mol. The zero-order valence-electron chi connectivity index (χ0n) is 9.07. The summed E-state index contributed by atoms with van der Waals surface area (Å²) in [5, 5.41) is 9.60. The van der Waals surface area contributed by atoms with E-state index in [1.807, 2.05) is 6.26 Å². The third-order valence-corrected chi connectivity index (χ3v) is 2.73. The number of rotatable bonds is 4. The molecular formula is C11H13FO3S. The predicted molar refractivity (Wildman–Crippen MR) is 59.8 cm³/mol. The summed E-state index contributed by atoms with van der Waals surface area (Å²) in [4.78, 5) is 12.0. The van der Waals surface area contributed by atoms with Crippen LogP contribution in [0.4, 0.5) is 4.39 Å². The molecule has 3 nitrogen and oxygen atoms in total. The van der Waals surface area contributed by atoms with Crippen LogP contribution in [0.1, 0.15) is 18.6 Å². The smallest absolute Gasteiger partial charge is 0.339 e. The van der Waals surface area contributed by atoms with Crippen molar-refractivity contribution in [2.75, 3.05) is 12.9 Å². The molecule has 1 aromatic rings. The maximum absolute atomic E-state index is 13.4. The van der Waals surface area contributed by atoms with E-state index in [-0.39, 0.29) is 12.2 Å². The lowest BCUT2D eigenvalue weighted by Crippen LogP contribution is -2.16. The highest BCUT2D eigenvalue weighted by atomic mass is 32.2. The molecule has 88 valence electrons. The maximum Gasteiger partial charge on any atom is 0.339 e. The third-order valence-electron chi connectivity index (χ3n) is 2.01. The number of aliphatic hydroxyl groups excluding tert-OH is 1. The standard InChI is InChI=1S/C11H13FO3S/c1-3-15-11(14)10(13)8-6-7(16-2)4-5-9(8)12/h4-6,10,13H,3H2,1-2H3. The van der Waals surface area contributed by atoms with Gasteiger partial charge in [0.1, 0.15) is 5.82 Å². The van der Waals surface area contributed by atoms with E-state index in [0.717, 1.165) is 4.90 Å². The van der Waals surface area contributed by atoms with Gasteiger partial charge in [-0.15, -0.1) is 11.8 Å². The molecule has 0 aromatic heterocycles. The molecule has 1 aromatic carbocycles. The molecule has 1 N–H and O–H groups in total. The van der Waals surface area contributed by atoms with Gasteiger partial charge in [-0.2, -0.15) is 0 Å². The lowest BCUT2D eigenvalue weighted by Gasteiger charge is -2.11. The lowest BCUT2D eigenvalue weighted by atomic mass is 10.1. The highest BCUT2D eigenvalue weighted by Gasteiger charge is 2.22. The van der Waals surface area contributed by atoms with E-state index in [0.29, 0.717) is 0 Å². The summed E-state index contributed by atoms with van der Waals surface area (Å²) >= 11 is 1.40. The van der Waals surface area contributed by atoms with E-state index in [1.54, 1.807) is 13.0 Å². The molecule has 1 rings (SSSR count). The van der Waals surface area contributed by atoms with Gasteiger partial charge in [0.25, 0.3) is 0 Å². The van der Waals surface area contributed by atoms with Crippen LogP contribution in [0.15, 0.2) is 23.1 Å².